The molecule has 1 aliphatic heterocycles. The van der Waals surface area contributed by atoms with E-state index in [0.29, 0.717) is 23.1 Å². The number of rotatable bonds is 7. The Morgan fingerprint density at radius 1 is 1.17 bits per heavy atom. The van der Waals surface area contributed by atoms with Gasteiger partial charge in [-0.25, -0.2) is 13.2 Å². The number of carbonyl (C=O) groups is 1. The molecule has 4 fully saturated rings. The summed E-state index contributed by atoms with van der Waals surface area (Å²) < 4.78 is 42.7. The smallest absolute Gasteiger partial charge is 0.266 e. The number of amides is 1. The van der Waals surface area contributed by atoms with Crippen molar-refractivity contribution in [1.29, 1.82) is 0 Å². The van der Waals surface area contributed by atoms with Gasteiger partial charge in [0, 0.05) is 43.0 Å². The van der Waals surface area contributed by atoms with E-state index < -0.39 is 29.8 Å². The largest absolute Gasteiger partial charge is 0.381 e. The third-order valence-electron chi connectivity index (χ3n) is 8.51. The molecule has 0 bridgehead atoms. The van der Waals surface area contributed by atoms with Gasteiger partial charge >= 0.3 is 0 Å². The van der Waals surface area contributed by atoms with Crippen LogP contribution in [0.2, 0.25) is 0 Å². The van der Waals surface area contributed by atoms with E-state index in [4.69, 9.17) is 0 Å². The van der Waals surface area contributed by atoms with Crippen molar-refractivity contribution in [3.05, 3.63) is 63.3 Å². The van der Waals surface area contributed by atoms with E-state index in [-0.39, 0.29) is 28.6 Å². The monoisotopic (exact) mass is 486 g/mol. The van der Waals surface area contributed by atoms with Crippen LogP contribution in [-0.2, 0) is 0 Å². The van der Waals surface area contributed by atoms with E-state index in [1.54, 1.807) is 17.7 Å². The molecule has 1 spiro atoms. The molecule has 9 heteroatoms. The Bertz CT molecular complexity index is 1250. The predicted molar refractivity (Wildman–Crippen MR) is 125 cm³/mol. The van der Waals surface area contributed by atoms with Gasteiger partial charge in [0.2, 0.25) is 0 Å². The Kier molecular flexibility index (Phi) is 5.08. The molecular formula is C26H29F3N4O2. The lowest BCUT2D eigenvalue weighted by Crippen LogP contribution is -2.32. The fraction of sp³-hybridized carbons (Fsp3) is 0.538. The van der Waals surface area contributed by atoms with Crippen LogP contribution in [0, 0.1) is 23.1 Å². The number of nitrogens with one attached hydrogen (secondary N) is 2. The number of likely N-dealkylation sites (tertiary alicyclic amines) is 1. The number of benzene rings is 1. The SMILES string of the molecule is C[C@@H](NC(=O)c1cn([C@@H]2CC23CC3)c(=O)cc1NC1[C@H]2CN(C)C[C@@H]12)c1cccc(C(F)F)c1F. The minimum atomic E-state index is -2.94. The van der Waals surface area contributed by atoms with Crippen LogP contribution in [-0.4, -0.2) is 41.6 Å². The number of anilines is 1. The second-order valence-corrected chi connectivity index (χ2v) is 10.9. The molecule has 186 valence electrons. The molecule has 4 aliphatic rings. The van der Waals surface area contributed by atoms with Crippen molar-refractivity contribution >= 4 is 11.6 Å². The first kappa shape index (κ1) is 22.6. The highest BCUT2D eigenvalue weighted by atomic mass is 19.3. The van der Waals surface area contributed by atoms with Crippen LogP contribution in [0.1, 0.15) is 66.2 Å². The van der Waals surface area contributed by atoms with E-state index >= 15 is 0 Å². The zero-order chi connectivity index (χ0) is 24.6. The van der Waals surface area contributed by atoms with Crippen molar-refractivity contribution in [2.45, 2.75) is 50.7 Å². The molecule has 1 aromatic carbocycles. The number of aromatic nitrogens is 1. The highest BCUT2D eigenvalue weighted by molar-refractivity contribution is 5.99. The molecule has 1 saturated heterocycles. The Labute approximate surface area is 201 Å². The Morgan fingerprint density at radius 3 is 2.49 bits per heavy atom. The summed E-state index contributed by atoms with van der Waals surface area (Å²) in [5.41, 5.74) is 0.195. The molecule has 2 aromatic rings. The highest BCUT2D eigenvalue weighted by Gasteiger charge is 2.64. The van der Waals surface area contributed by atoms with Crippen LogP contribution in [0.5, 0.6) is 0 Å². The first-order chi connectivity index (χ1) is 16.7. The lowest BCUT2D eigenvalue weighted by Gasteiger charge is -2.20. The van der Waals surface area contributed by atoms with Crippen molar-refractivity contribution in [3.63, 3.8) is 0 Å². The van der Waals surface area contributed by atoms with E-state index in [1.165, 1.54) is 18.2 Å². The summed E-state index contributed by atoms with van der Waals surface area (Å²) in [6.07, 6.45) is 1.83. The standard InChI is InChI=1S/C26H29F3N4O2/c1-13(14-4-3-5-15(22(14)27)24(28)29)30-25(35)18-12-33(20-9-26(20)6-7-26)21(34)8-19(18)31-23-16-10-32(2)11-17(16)23/h3-5,8,12-13,16-17,20,23-24,31H,6-7,9-11H2,1-2H3,(H,30,35)/t13-,16-,17+,20-,23?/m1/s1. The molecule has 35 heavy (non-hydrogen) atoms. The van der Waals surface area contributed by atoms with Gasteiger partial charge < -0.3 is 20.1 Å². The average molecular weight is 487 g/mol. The van der Waals surface area contributed by atoms with Gasteiger partial charge in [-0.05, 0) is 50.5 Å². The van der Waals surface area contributed by atoms with Crippen LogP contribution in [0.4, 0.5) is 18.9 Å². The fourth-order valence-electron chi connectivity index (χ4n) is 6.06. The van der Waals surface area contributed by atoms with Gasteiger partial charge in [0.05, 0.1) is 22.9 Å². The van der Waals surface area contributed by atoms with Crippen LogP contribution in [0.3, 0.4) is 0 Å². The normalized spacial score (nSPS) is 28.6. The second kappa shape index (κ2) is 7.85. The summed E-state index contributed by atoms with van der Waals surface area (Å²) in [6.45, 7) is 3.51. The van der Waals surface area contributed by atoms with Crippen LogP contribution < -0.4 is 16.2 Å². The van der Waals surface area contributed by atoms with Gasteiger partial charge in [-0.3, -0.25) is 9.59 Å². The maximum Gasteiger partial charge on any atom is 0.266 e. The molecule has 6 nitrogen and oxygen atoms in total. The summed E-state index contributed by atoms with van der Waals surface area (Å²) in [4.78, 5) is 28.7. The summed E-state index contributed by atoms with van der Waals surface area (Å²) >= 11 is 0. The Hall–Kier alpha value is -2.81. The van der Waals surface area contributed by atoms with Crippen molar-refractivity contribution in [2.24, 2.45) is 17.3 Å². The van der Waals surface area contributed by atoms with Crippen molar-refractivity contribution in [2.75, 3.05) is 25.5 Å². The molecular weight excluding hydrogens is 457 g/mol. The molecule has 0 radical (unpaired) electrons. The molecule has 2 heterocycles. The fourth-order valence-corrected chi connectivity index (χ4v) is 6.06. The second-order valence-electron chi connectivity index (χ2n) is 10.9. The Balaban J connectivity index is 1.28. The molecule has 1 unspecified atom stereocenters. The number of carbonyl (C=O) groups excluding carboxylic acids is 1. The number of nitrogens with zero attached hydrogens (tertiary/aromatic N) is 2. The van der Waals surface area contributed by atoms with Gasteiger partial charge in [0.25, 0.3) is 17.9 Å². The highest BCUT2D eigenvalue weighted by Crippen LogP contribution is 2.72. The third kappa shape index (κ3) is 3.84. The van der Waals surface area contributed by atoms with Crippen LogP contribution >= 0.6 is 0 Å². The van der Waals surface area contributed by atoms with E-state index in [0.717, 1.165) is 38.4 Å². The zero-order valence-electron chi connectivity index (χ0n) is 19.7. The molecule has 3 aliphatic carbocycles. The summed E-state index contributed by atoms with van der Waals surface area (Å²) in [5.74, 6) is -0.505. The van der Waals surface area contributed by atoms with Crippen LogP contribution in [0.15, 0.2) is 35.3 Å². The van der Waals surface area contributed by atoms with Gasteiger partial charge in [0.1, 0.15) is 5.82 Å². The number of hydrogen-bond acceptors (Lipinski definition) is 4. The van der Waals surface area contributed by atoms with Gasteiger partial charge in [-0.15, -0.1) is 0 Å². The molecule has 1 amide bonds. The first-order valence-corrected chi connectivity index (χ1v) is 12.3. The van der Waals surface area contributed by atoms with Gasteiger partial charge in [-0.1, -0.05) is 18.2 Å². The van der Waals surface area contributed by atoms with Gasteiger partial charge in [0.15, 0.2) is 0 Å². The minimum absolute atomic E-state index is 0.00197. The minimum Gasteiger partial charge on any atom is -0.381 e. The third-order valence-corrected chi connectivity index (χ3v) is 8.51. The zero-order valence-corrected chi connectivity index (χ0v) is 19.7. The summed E-state index contributed by atoms with van der Waals surface area (Å²) in [6, 6.07) is 4.80. The van der Waals surface area contributed by atoms with Gasteiger partial charge in [-0.2, -0.15) is 0 Å². The maximum absolute atomic E-state index is 14.7. The number of fused-ring (bicyclic) bond motifs is 1. The van der Waals surface area contributed by atoms with Crippen molar-refractivity contribution in [1.82, 2.24) is 14.8 Å². The van der Waals surface area contributed by atoms with Crippen LogP contribution in [0.25, 0.3) is 0 Å². The number of hydrogen-bond donors (Lipinski definition) is 2. The maximum atomic E-state index is 14.7. The van der Waals surface area contributed by atoms with E-state index in [9.17, 15) is 22.8 Å². The number of piperidine rings is 1. The lowest BCUT2D eigenvalue weighted by molar-refractivity contribution is 0.0939. The molecule has 5 atom stereocenters. The number of pyridine rings is 1. The lowest BCUT2D eigenvalue weighted by atomic mass is 10.0. The molecule has 1 aromatic heterocycles. The first-order valence-electron chi connectivity index (χ1n) is 12.3. The topological polar surface area (TPSA) is 66.4 Å². The average Bonchev–Trinajstić information content (AvgIpc) is 3.76. The van der Waals surface area contributed by atoms with E-state index in [2.05, 4.69) is 22.6 Å². The number of halogens is 3. The number of alkyl halides is 2. The summed E-state index contributed by atoms with van der Waals surface area (Å²) in [7, 11) is 2.08. The molecule has 3 saturated carbocycles. The van der Waals surface area contributed by atoms with Crippen molar-refractivity contribution in [3.8, 4) is 0 Å². The van der Waals surface area contributed by atoms with Crippen molar-refractivity contribution < 1.29 is 18.0 Å². The molecule has 6 rings (SSSR count). The van der Waals surface area contributed by atoms with E-state index in [1.807, 2.05) is 0 Å². The Morgan fingerprint density at radius 2 is 1.86 bits per heavy atom. The summed E-state index contributed by atoms with van der Waals surface area (Å²) in [5, 5.41) is 6.19. The molecule has 2 N–H and O–H groups in total. The predicted octanol–water partition coefficient (Wildman–Crippen LogP) is 4.11. The quantitative estimate of drug-likeness (QED) is 0.618.